The summed E-state index contributed by atoms with van der Waals surface area (Å²) < 4.78 is 25.5. The lowest BCUT2D eigenvalue weighted by Crippen LogP contribution is -2.37. The van der Waals surface area contributed by atoms with E-state index in [4.69, 9.17) is 0 Å². The Balaban J connectivity index is 2.23. The van der Waals surface area contributed by atoms with Gasteiger partial charge in [-0.25, -0.2) is 8.42 Å². The second-order valence-corrected chi connectivity index (χ2v) is 9.05. The molecular weight excluding hydrogens is 348 g/mol. The van der Waals surface area contributed by atoms with Gasteiger partial charge in [-0.3, -0.25) is 9.52 Å². The molecule has 0 aliphatic rings. The van der Waals surface area contributed by atoms with Gasteiger partial charge >= 0.3 is 0 Å². The van der Waals surface area contributed by atoms with E-state index in [1.54, 1.807) is 18.2 Å². The van der Waals surface area contributed by atoms with Crippen molar-refractivity contribution in [1.29, 1.82) is 0 Å². The van der Waals surface area contributed by atoms with Crippen molar-refractivity contribution in [3.05, 3.63) is 64.7 Å². The highest BCUT2D eigenvalue weighted by Gasteiger charge is 2.24. The third-order valence-corrected chi connectivity index (χ3v) is 4.87. The summed E-state index contributed by atoms with van der Waals surface area (Å²) >= 11 is 0. The monoisotopic (exact) mass is 374 g/mol. The van der Waals surface area contributed by atoms with E-state index in [1.807, 2.05) is 32.0 Å². The van der Waals surface area contributed by atoms with Gasteiger partial charge in [0.15, 0.2) is 0 Å². The fourth-order valence-corrected chi connectivity index (χ4v) is 3.54. The fourth-order valence-electron chi connectivity index (χ4n) is 2.96. The van der Waals surface area contributed by atoms with Crippen molar-refractivity contribution in [2.45, 2.75) is 33.1 Å². The lowest BCUT2D eigenvalue weighted by atomic mass is 9.82. The maximum absolute atomic E-state index is 12.7. The Hall–Kier alpha value is -2.34. The Morgan fingerprint density at radius 1 is 1.08 bits per heavy atom. The molecule has 0 unspecified atom stereocenters. The summed E-state index contributed by atoms with van der Waals surface area (Å²) in [5, 5.41) is 2.94. The Morgan fingerprint density at radius 3 is 2.35 bits per heavy atom. The van der Waals surface area contributed by atoms with Gasteiger partial charge in [-0.1, -0.05) is 49.7 Å². The lowest BCUT2D eigenvalue weighted by Gasteiger charge is -2.27. The van der Waals surface area contributed by atoms with Gasteiger partial charge < -0.3 is 5.32 Å². The molecule has 2 aromatic carbocycles. The standard InChI is InChI=1S/C20H26N2O3S/c1-14-10-11-18(22-26(5,24)25)16(12-14)19(23)21-13-20(3,4)17-9-7-6-8-15(17)2/h6-12,22H,13H2,1-5H3,(H,21,23). The summed E-state index contributed by atoms with van der Waals surface area (Å²) in [5.74, 6) is -0.304. The zero-order valence-corrected chi connectivity index (χ0v) is 16.7. The second kappa shape index (κ2) is 7.50. The van der Waals surface area contributed by atoms with Crippen LogP contribution in [0.3, 0.4) is 0 Å². The number of hydrogen-bond acceptors (Lipinski definition) is 3. The van der Waals surface area contributed by atoms with Crippen molar-refractivity contribution in [3.63, 3.8) is 0 Å². The van der Waals surface area contributed by atoms with Gasteiger partial charge in [-0.05, 0) is 37.1 Å². The van der Waals surface area contributed by atoms with Gasteiger partial charge in [-0.15, -0.1) is 0 Å². The summed E-state index contributed by atoms with van der Waals surface area (Å²) in [7, 11) is -3.47. The van der Waals surface area contributed by atoms with E-state index in [-0.39, 0.29) is 17.0 Å². The highest BCUT2D eigenvalue weighted by atomic mass is 32.2. The topological polar surface area (TPSA) is 75.3 Å². The smallest absolute Gasteiger partial charge is 0.253 e. The zero-order chi connectivity index (χ0) is 19.5. The van der Waals surface area contributed by atoms with Crippen LogP contribution >= 0.6 is 0 Å². The maximum atomic E-state index is 12.7. The number of anilines is 1. The normalized spacial score (nSPS) is 11.9. The number of carbonyl (C=O) groups is 1. The molecular formula is C20H26N2O3S. The van der Waals surface area contributed by atoms with E-state index < -0.39 is 10.0 Å². The first-order valence-corrected chi connectivity index (χ1v) is 10.3. The van der Waals surface area contributed by atoms with Crippen LogP contribution in [0.4, 0.5) is 5.69 Å². The first kappa shape index (κ1) is 20.0. The molecule has 0 atom stereocenters. The third-order valence-electron chi connectivity index (χ3n) is 4.28. The number of nitrogens with one attached hydrogen (secondary N) is 2. The molecule has 0 bridgehead atoms. The van der Waals surface area contributed by atoms with Crippen molar-refractivity contribution in [1.82, 2.24) is 5.32 Å². The minimum absolute atomic E-state index is 0.255. The summed E-state index contributed by atoms with van der Waals surface area (Å²) in [6.07, 6.45) is 1.07. The van der Waals surface area contributed by atoms with Gasteiger partial charge in [0.1, 0.15) is 0 Å². The molecule has 6 heteroatoms. The molecule has 5 nitrogen and oxygen atoms in total. The summed E-state index contributed by atoms with van der Waals surface area (Å²) in [5.41, 5.74) is 3.56. The van der Waals surface area contributed by atoms with Crippen molar-refractivity contribution in [2.24, 2.45) is 0 Å². The Kier molecular flexibility index (Phi) is 5.76. The molecule has 0 fully saturated rings. The van der Waals surface area contributed by atoms with E-state index >= 15 is 0 Å². The SMILES string of the molecule is Cc1ccc(NS(C)(=O)=O)c(C(=O)NCC(C)(C)c2ccccc2C)c1. The fraction of sp³-hybridized carbons (Fsp3) is 0.350. The molecule has 140 valence electrons. The third kappa shape index (κ3) is 5.08. The predicted molar refractivity (Wildman–Crippen MR) is 106 cm³/mol. The molecule has 0 spiro atoms. The van der Waals surface area contributed by atoms with Crippen molar-refractivity contribution < 1.29 is 13.2 Å². The van der Waals surface area contributed by atoms with Crippen LogP contribution in [0.25, 0.3) is 0 Å². The summed E-state index contributed by atoms with van der Waals surface area (Å²) in [6, 6.07) is 13.1. The van der Waals surface area contributed by atoms with Gasteiger partial charge in [0, 0.05) is 12.0 Å². The largest absolute Gasteiger partial charge is 0.351 e. The Bertz CT molecular complexity index is 918. The molecule has 0 aromatic heterocycles. The second-order valence-electron chi connectivity index (χ2n) is 7.30. The van der Waals surface area contributed by atoms with E-state index in [0.717, 1.165) is 11.8 Å². The van der Waals surface area contributed by atoms with Crippen LogP contribution in [0, 0.1) is 13.8 Å². The highest BCUT2D eigenvalue weighted by molar-refractivity contribution is 7.92. The van der Waals surface area contributed by atoms with Crippen molar-refractivity contribution in [2.75, 3.05) is 17.5 Å². The Morgan fingerprint density at radius 2 is 1.73 bits per heavy atom. The molecule has 0 aliphatic heterocycles. The van der Waals surface area contributed by atoms with Crippen LogP contribution in [0.5, 0.6) is 0 Å². The van der Waals surface area contributed by atoms with Gasteiger partial charge in [0.25, 0.3) is 5.91 Å². The first-order valence-electron chi connectivity index (χ1n) is 8.42. The molecule has 2 rings (SSSR count). The minimum Gasteiger partial charge on any atom is -0.351 e. The quantitative estimate of drug-likeness (QED) is 0.814. The van der Waals surface area contributed by atoms with Gasteiger partial charge in [0.05, 0.1) is 17.5 Å². The van der Waals surface area contributed by atoms with Crippen molar-refractivity contribution >= 4 is 21.6 Å². The van der Waals surface area contributed by atoms with E-state index in [2.05, 4.69) is 30.0 Å². The van der Waals surface area contributed by atoms with E-state index in [1.165, 1.54) is 11.1 Å². The molecule has 26 heavy (non-hydrogen) atoms. The van der Waals surface area contributed by atoms with Gasteiger partial charge in [-0.2, -0.15) is 0 Å². The zero-order valence-electron chi connectivity index (χ0n) is 15.9. The molecule has 0 heterocycles. The predicted octanol–water partition coefficient (Wildman–Crippen LogP) is 3.38. The maximum Gasteiger partial charge on any atom is 0.253 e. The number of amides is 1. The molecule has 2 N–H and O–H groups in total. The van der Waals surface area contributed by atoms with Crippen LogP contribution < -0.4 is 10.0 Å². The molecule has 1 amide bonds. The number of aryl methyl sites for hydroxylation is 2. The number of carbonyl (C=O) groups excluding carboxylic acids is 1. The summed E-state index contributed by atoms with van der Waals surface area (Å²) in [6.45, 7) is 8.48. The minimum atomic E-state index is -3.47. The van der Waals surface area contributed by atoms with Crippen LogP contribution in [-0.2, 0) is 15.4 Å². The average Bonchev–Trinajstić information content (AvgIpc) is 2.53. The van der Waals surface area contributed by atoms with Crippen LogP contribution in [-0.4, -0.2) is 27.1 Å². The van der Waals surface area contributed by atoms with Crippen LogP contribution in [0.2, 0.25) is 0 Å². The highest BCUT2D eigenvalue weighted by Crippen LogP contribution is 2.26. The van der Waals surface area contributed by atoms with Crippen LogP contribution in [0.15, 0.2) is 42.5 Å². The molecule has 2 aromatic rings. The summed E-state index contributed by atoms with van der Waals surface area (Å²) in [4.78, 5) is 12.7. The van der Waals surface area contributed by atoms with Crippen LogP contribution in [0.1, 0.15) is 40.9 Å². The lowest BCUT2D eigenvalue weighted by molar-refractivity contribution is 0.0946. The van der Waals surface area contributed by atoms with E-state index in [9.17, 15) is 13.2 Å². The molecule has 0 radical (unpaired) electrons. The number of benzene rings is 2. The Labute approximate surface area is 155 Å². The number of sulfonamides is 1. The molecule has 0 saturated carbocycles. The molecule has 0 saturated heterocycles. The average molecular weight is 375 g/mol. The van der Waals surface area contributed by atoms with E-state index in [0.29, 0.717) is 12.1 Å². The van der Waals surface area contributed by atoms with Crippen molar-refractivity contribution in [3.8, 4) is 0 Å². The molecule has 0 aliphatic carbocycles. The number of rotatable bonds is 6. The number of hydrogen-bond donors (Lipinski definition) is 2. The van der Waals surface area contributed by atoms with Gasteiger partial charge in [0.2, 0.25) is 10.0 Å². The first-order chi connectivity index (χ1) is 12.0.